The van der Waals surface area contributed by atoms with Crippen molar-refractivity contribution in [2.45, 2.75) is 19.4 Å². The lowest BCUT2D eigenvalue weighted by Crippen LogP contribution is -2.27. The Morgan fingerprint density at radius 3 is 2.38 bits per heavy atom. The molecule has 0 saturated carbocycles. The van der Waals surface area contributed by atoms with E-state index in [1.807, 2.05) is 30.3 Å². The van der Waals surface area contributed by atoms with E-state index >= 15 is 0 Å². The zero-order valence-corrected chi connectivity index (χ0v) is 9.28. The Labute approximate surface area is 94.9 Å². The molecule has 16 heavy (non-hydrogen) atoms. The number of allylic oxidation sites excluding steroid dienone is 1. The summed E-state index contributed by atoms with van der Waals surface area (Å²) in [6.45, 7) is 3.48. The number of rotatable bonds is 0. The zero-order chi connectivity index (χ0) is 11.6. The molecule has 0 aromatic heterocycles. The van der Waals surface area contributed by atoms with Crippen LogP contribution in [0.15, 0.2) is 42.2 Å². The van der Waals surface area contributed by atoms with E-state index in [1.165, 1.54) is 6.08 Å². The number of ether oxygens (including phenoxy) is 1. The van der Waals surface area contributed by atoms with Gasteiger partial charge in [-0.3, -0.25) is 4.79 Å². The van der Waals surface area contributed by atoms with Gasteiger partial charge >= 0.3 is 0 Å². The van der Waals surface area contributed by atoms with Crippen LogP contribution < -0.4 is 0 Å². The van der Waals surface area contributed by atoms with Gasteiger partial charge in [-0.25, -0.2) is 0 Å². The van der Waals surface area contributed by atoms with E-state index in [2.05, 4.69) is 11.8 Å². The largest absolute Gasteiger partial charge is 0.471 e. The van der Waals surface area contributed by atoms with Crippen LogP contribution in [0.25, 0.3) is 0 Å². The monoisotopic (exact) mass is 212 g/mol. The minimum atomic E-state index is -0.763. The third-order valence-electron chi connectivity index (χ3n) is 2.32. The summed E-state index contributed by atoms with van der Waals surface area (Å²) in [4.78, 5) is 11.4. The molecular formula is C14H12O2. The molecule has 0 saturated heterocycles. The second-order valence-corrected chi connectivity index (χ2v) is 4.10. The van der Waals surface area contributed by atoms with Gasteiger partial charge in [-0.15, -0.1) is 0 Å². The molecule has 0 unspecified atom stereocenters. The Morgan fingerprint density at radius 1 is 1.12 bits per heavy atom. The van der Waals surface area contributed by atoms with Gasteiger partial charge in [0.05, 0.1) is 0 Å². The predicted octanol–water partition coefficient (Wildman–Crippen LogP) is 2.30. The van der Waals surface area contributed by atoms with Gasteiger partial charge in [0.15, 0.2) is 11.4 Å². The Kier molecular flexibility index (Phi) is 2.54. The van der Waals surface area contributed by atoms with Gasteiger partial charge in [0, 0.05) is 11.6 Å². The standard InChI is InChI=1S/C14H12O2/c1-14(2)13(15)10-12(16-14)9-8-11-6-4-3-5-7-11/h3-7,10H,1-2H3. The molecule has 2 rings (SSSR count). The highest BCUT2D eigenvalue weighted by molar-refractivity contribution is 5.99. The Balaban J connectivity index is 2.17. The number of carbonyl (C=O) groups excluding carboxylic acids is 1. The molecule has 0 amide bonds. The molecule has 1 aliphatic heterocycles. The summed E-state index contributed by atoms with van der Waals surface area (Å²) >= 11 is 0. The Bertz CT molecular complexity index is 499. The predicted molar refractivity (Wildman–Crippen MR) is 61.6 cm³/mol. The summed E-state index contributed by atoms with van der Waals surface area (Å²) < 4.78 is 5.42. The molecule has 2 heteroatoms. The van der Waals surface area contributed by atoms with Crippen LogP contribution in [0.5, 0.6) is 0 Å². The lowest BCUT2D eigenvalue weighted by atomic mass is 10.1. The first kappa shape index (κ1) is 10.5. The maximum absolute atomic E-state index is 11.4. The maximum Gasteiger partial charge on any atom is 0.203 e. The van der Waals surface area contributed by atoms with E-state index < -0.39 is 5.60 Å². The quantitative estimate of drug-likeness (QED) is 0.617. The van der Waals surface area contributed by atoms with E-state index in [-0.39, 0.29) is 5.78 Å². The van der Waals surface area contributed by atoms with Crippen molar-refractivity contribution in [3.8, 4) is 11.8 Å². The summed E-state index contributed by atoms with van der Waals surface area (Å²) in [6, 6.07) is 9.60. The Hall–Kier alpha value is -2.01. The van der Waals surface area contributed by atoms with Gasteiger partial charge in [0.1, 0.15) is 0 Å². The molecule has 0 N–H and O–H groups in total. The van der Waals surface area contributed by atoms with E-state index in [4.69, 9.17) is 4.74 Å². The topological polar surface area (TPSA) is 26.3 Å². The van der Waals surface area contributed by atoms with Crippen LogP contribution >= 0.6 is 0 Å². The molecule has 0 bridgehead atoms. The van der Waals surface area contributed by atoms with E-state index in [0.717, 1.165) is 5.56 Å². The fraction of sp³-hybridized carbons (Fsp3) is 0.214. The highest BCUT2D eigenvalue weighted by atomic mass is 16.5. The van der Waals surface area contributed by atoms with Crippen molar-refractivity contribution in [1.29, 1.82) is 0 Å². The highest BCUT2D eigenvalue weighted by Gasteiger charge is 2.34. The first-order chi connectivity index (χ1) is 7.58. The summed E-state index contributed by atoms with van der Waals surface area (Å²) in [5.74, 6) is 6.21. The van der Waals surface area contributed by atoms with Crippen LogP contribution in [0.4, 0.5) is 0 Å². The summed E-state index contributed by atoms with van der Waals surface area (Å²) in [7, 11) is 0. The number of hydrogen-bond acceptors (Lipinski definition) is 2. The molecule has 1 aromatic carbocycles. The first-order valence-corrected chi connectivity index (χ1v) is 5.10. The van der Waals surface area contributed by atoms with Crippen molar-refractivity contribution in [1.82, 2.24) is 0 Å². The average Bonchev–Trinajstić information content (AvgIpc) is 2.52. The van der Waals surface area contributed by atoms with Crippen molar-refractivity contribution in [3.05, 3.63) is 47.7 Å². The van der Waals surface area contributed by atoms with E-state index in [9.17, 15) is 4.79 Å². The number of carbonyl (C=O) groups is 1. The molecule has 1 aromatic rings. The van der Waals surface area contributed by atoms with Gasteiger partial charge in [0.2, 0.25) is 5.78 Å². The summed E-state index contributed by atoms with van der Waals surface area (Å²) in [5.41, 5.74) is 0.143. The zero-order valence-electron chi connectivity index (χ0n) is 9.28. The lowest BCUT2D eigenvalue weighted by molar-refractivity contribution is -0.126. The second kappa shape index (κ2) is 3.86. The van der Waals surface area contributed by atoms with Gasteiger partial charge in [-0.1, -0.05) is 24.1 Å². The van der Waals surface area contributed by atoms with Crippen LogP contribution in [0.2, 0.25) is 0 Å². The van der Waals surface area contributed by atoms with Crippen molar-refractivity contribution >= 4 is 5.78 Å². The first-order valence-electron chi connectivity index (χ1n) is 5.10. The maximum atomic E-state index is 11.4. The molecule has 0 radical (unpaired) electrons. The van der Waals surface area contributed by atoms with Crippen LogP contribution in [-0.4, -0.2) is 11.4 Å². The molecule has 0 aliphatic carbocycles. The third-order valence-corrected chi connectivity index (χ3v) is 2.32. The fourth-order valence-electron chi connectivity index (χ4n) is 1.36. The molecule has 1 aliphatic rings. The average molecular weight is 212 g/mol. The second-order valence-electron chi connectivity index (χ2n) is 4.10. The molecule has 0 atom stereocenters. The normalized spacial score (nSPS) is 17.1. The summed E-state index contributed by atoms with van der Waals surface area (Å²) in [5, 5.41) is 0. The smallest absolute Gasteiger partial charge is 0.203 e. The Morgan fingerprint density at radius 2 is 1.81 bits per heavy atom. The number of hydrogen-bond donors (Lipinski definition) is 0. The van der Waals surface area contributed by atoms with Crippen LogP contribution in [0, 0.1) is 11.8 Å². The third kappa shape index (κ3) is 2.14. The fourth-order valence-corrected chi connectivity index (χ4v) is 1.36. The van der Waals surface area contributed by atoms with Gasteiger partial charge in [0.25, 0.3) is 0 Å². The lowest BCUT2D eigenvalue weighted by Gasteiger charge is -2.15. The van der Waals surface area contributed by atoms with Crippen LogP contribution in [-0.2, 0) is 9.53 Å². The van der Waals surface area contributed by atoms with Crippen molar-refractivity contribution in [2.75, 3.05) is 0 Å². The van der Waals surface area contributed by atoms with E-state index in [1.54, 1.807) is 13.8 Å². The minimum Gasteiger partial charge on any atom is -0.471 e. The van der Waals surface area contributed by atoms with Gasteiger partial charge < -0.3 is 4.74 Å². The molecule has 0 fully saturated rings. The molecule has 1 heterocycles. The van der Waals surface area contributed by atoms with Crippen molar-refractivity contribution in [3.63, 3.8) is 0 Å². The van der Waals surface area contributed by atoms with Crippen molar-refractivity contribution in [2.24, 2.45) is 0 Å². The molecule has 2 nitrogen and oxygen atoms in total. The van der Waals surface area contributed by atoms with Gasteiger partial charge in [-0.2, -0.15) is 0 Å². The number of ketones is 1. The number of benzene rings is 1. The van der Waals surface area contributed by atoms with E-state index in [0.29, 0.717) is 5.76 Å². The highest BCUT2D eigenvalue weighted by Crippen LogP contribution is 2.23. The van der Waals surface area contributed by atoms with Crippen LogP contribution in [0.1, 0.15) is 19.4 Å². The molecular weight excluding hydrogens is 200 g/mol. The summed E-state index contributed by atoms with van der Waals surface area (Å²) in [6.07, 6.45) is 1.45. The molecule has 0 spiro atoms. The SMILES string of the molecule is CC1(C)OC(C#Cc2ccccc2)=CC1=O. The van der Waals surface area contributed by atoms with Crippen molar-refractivity contribution < 1.29 is 9.53 Å². The van der Waals surface area contributed by atoms with Crippen LogP contribution in [0.3, 0.4) is 0 Å². The van der Waals surface area contributed by atoms with Gasteiger partial charge in [-0.05, 0) is 31.9 Å². The minimum absolute atomic E-state index is 0.0372. The molecule has 80 valence electrons.